The highest BCUT2D eigenvalue weighted by Crippen LogP contribution is 2.36. The summed E-state index contributed by atoms with van der Waals surface area (Å²) in [5.74, 6) is -0.382. The third kappa shape index (κ3) is 2.66. The van der Waals surface area contributed by atoms with E-state index in [9.17, 15) is 4.79 Å². The molecule has 2 aromatic carbocycles. The molecule has 4 heteroatoms. The molecule has 0 aliphatic rings. The molecule has 4 nitrogen and oxygen atoms in total. The predicted molar refractivity (Wildman–Crippen MR) is 99.6 cm³/mol. The molecule has 0 unspecified atom stereocenters. The van der Waals surface area contributed by atoms with Crippen molar-refractivity contribution in [2.24, 2.45) is 0 Å². The highest BCUT2D eigenvalue weighted by molar-refractivity contribution is 6.17. The van der Waals surface area contributed by atoms with Gasteiger partial charge in [0.25, 0.3) is 0 Å². The van der Waals surface area contributed by atoms with Crippen molar-refractivity contribution in [1.82, 2.24) is 9.97 Å². The summed E-state index contributed by atoms with van der Waals surface area (Å²) in [5.41, 5.74) is 4.06. The van der Waals surface area contributed by atoms with E-state index in [0.29, 0.717) is 12.3 Å². The molecule has 0 atom stereocenters. The second kappa shape index (κ2) is 6.40. The molecule has 0 saturated carbocycles. The average Bonchev–Trinajstić information content (AvgIpc) is 3.04. The SMILES string of the molecule is CCCOC(=O)c1ncc2[nH]c3ccccc3c2c1-c1ccccc1. The maximum atomic E-state index is 12.6. The number of rotatable bonds is 4. The zero-order valence-electron chi connectivity index (χ0n) is 14.0. The van der Waals surface area contributed by atoms with Crippen LogP contribution in [0, 0.1) is 0 Å². The molecule has 0 fully saturated rings. The summed E-state index contributed by atoms with van der Waals surface area (Å²) in [6.07, 6.45) is 2.49. The van der Waals surface area contributed by atoms with Crippen molar-refractivity contribution in [3.05, 3.63) is 66.5 Å². The number of ether oxygens (including phenoxy) is 1. The standard InChI is InChI=1S/C21H18N2O2/c1-2-12-25-21(24)20-18(14-8-4-3-5-9-14)19-15-10-6-7-11-16(15)23-17(19)13-22-20/h3-11,13,23H,2,12H2,1H3. The minimum atomic E-state index is -0.382. The van der Waals surface area contributed by atoms with Crippen molar-refractivity contribution in [3.8, 4) is 11.1 Å². The van der Waals surface area contributed by atoms with Gasteiger partial charge in [-0.3, -0.25) is 0 Å². The van der Waals surface area contributed by atoms with E-state index in [4.69, 9.17) is 4.74 Å². The van der Waals surface area contributed by atoms with Crippen LogP contribution in [-0.2, 0) is 4.74 Å². The normalized spacial score (nSPS) is 11.1. The van der Waals surface area contributed by atoms with Gasteiger partial charge in [-0.25, -0.2) is 9.78 Å². The van der Waals surface area contributed by atoms with Crippen LogP contribution in [0.15, 0.2) is 60.8 Å². The van der Waals surface area contributed by atoms with Gasteiger partial charge in [-0.15, -0.1) is 0 Å². The molecule has 0 aliphatic heterocycles. The number of carbonyl (C=O) groups is 1. The molecule has 124 valence electrons. The average molecular weight is 330 g/mol. The van der Waals surface area contributed by atoms with Crippen molar-refractivity contribution < 1.29 is 9.53 Å². The van der Waals surface area contributed by atoms with Crippen molar-refractivity contribution >= 4 is 27.8 Å². The number of H-pyrrole nitrogens is 1. The van der Waals surface area contributed by atoms with Crippen LogP contribution >= 0.6 is 0 Å². The first kappa shape index (κ1) is 15.4. The van der Waals surface area contributed by atoms with E-state index in [1.807, 2.05) is 55.5 Å². The van der Waals surface area contributed by atoms with Crippen LogP contribution in [0.5, 0.6) is 0 Å². The molecule has 1 N–H and O–H groups in total. The van der Waals surface area contributed by atoms with Crippen LogP contribution < -0.4 is 0 Å². The summed E-state index contributed by atoms with van der Waals surface area (Å²) in [4.78, 5) is 20.4. The predicted octanol–water partition coefficient (Wildman–Crippen LogP) is 4.95. The van der Waals surface area contributed by atoms with Crippen molar-refractivity contribution in [2.75, 3.05) is 6.61 Å². The van der Waals surface area contributed by atoms with E-state index >= 15 is 0 Å². The smallest absolute Gasteiger partial charge is 0.357 e. The lowest BCUT2D eigenvalue weighted by atomic mass is 9.98. The fourth-order valence-electron chi connectivity index (χ4n) is 3.14. The number of hydrogen-bond donors (Lipinski definition) is 1. The number of carbonyl (C=O) groups excluding carboxylic acids is 1. The van der Waals surface area contributed by atoms with Crippen LogP contribution in [0.2, 0.25) is 0 Å². The number of pyridine rings is 1. The van der Waals surface area contributed by atoms with E-state index in [1.165, 1.54) is 0 Å². The van der Waals surface area contributed by atoms with Crippen molar-refractivity contribution in [1.29, 1.82) is 0 Å². The Hall–Kier alpha value is -3.14. The minimum Gasteiger partial charge on any atom is -0.461 e. The number of para-hydroxylation sites is 1. The summed E-state index contributed by atoms with van der Waals surface area (Å²) < 4.78 is 5.37. The Morgan fingerprint density at radius 1 is 1.04 bits per heavy atom. The van der Waals surface area contributed by atoms with Gasteiger partial charge in [0.05, 0.1) is 18.3 Å². The molecule has 0 radical (unpaired) electrons. The quantitative estimate of drug-likeness (QED) is 0.539. The summed E-state index contributed by atoms with van der Waals surface area (Å²) in [5, 5.41) is 2.07. The van der Waals surface area contributed by atoms with E-state index in [-0.39, 0.29) is 5.97 Å². The zero-order chi connectivity index (χ0) is 17.2. The van der Waals surface area contributed by atoms with E-state index in [2.05, 4.69) is 16.0 Å². The Bertz CT molecular complexity index is 1050. The first-order chi connectivity index (χ1) is 12.3. The van der Waals surface area contributed by atoms with Gasteiger partial charge in [0.15, 0.2) is 5.69 Å². The van der Waals surface area contributed by atoms with Crippen LogP contribution in [0.1, 0.15) is 23.8 Å². The molecule has 4 aromatic rings. The van der Waals surface area contributed by atoms with Crippen LogP contribution in [-0.4, -0.2) is 22.5 Å². The number of nitrogens with one attached hydrogen (secondary N) is 1. The fourth-order valence-corrected chi connectivity index (χ4v) is 3.14. The number of aromatic nitrogens is 2. The third-order valence-electron chi connectivity index (χ3n) is 4.24. The van der Waals surface area contributed by atoms with E-state index in [0.717, 1.165) is 39.4 Å². The van der Waals surface area contributed by atoms with E-state index < -0.39 is 0 Å². The molecule has 0 amide bonds. The Kier molecular flexibility index (Phi) is 3.94. The van der Waals surface area contributed by atoms with Gasteiger partial charge in [0.2, 0.25) is 0 Å². The molecular formula is C21H18N2O2. The molecule has 2 aromatic heterocycles. The maximum Gasteiger partial charge on any atom is 0.357 e. The van der Waals surface area contributed by atoms with Gasteiger partial charge in [-0.2, -0.15) is 0 Å². The van der Waals surface area contributed by atoms with Gasteiger partial charge < -0.3 is 9.72 Å². The number of esters is 1. The van der Waals surface area contributed by atoms with Crippen LogP contribution in [0.25, 0.3) is 32.9 Å². The largest absolute Gasteiger partial charge is 0.461 e. The van der Waals surface area contributed by atoms with Crippen molar-refractivity contribution in [3.63, 3.8) is 0 Å². The minimum absolute atomic E-state index is 0.358. The highest BCUT2D eigenvalue weighted by atomic mass is 16.5. The second-order valence-corrected chi connectivity index (χ2v) is 5.94. The molecule has 25 heavy (non-hydrogen) atoms. The summed E-state index contributed by atoms with van der Waals surface area (Å²) in [7, 11) is 0. The maximum absolute atomic E-state index is 12.6. The summed E-state index contributed by atoms with van der Waals surface area (Å²) >= 11 is 0. The fraction of sp³-hybridized carbons (Fsp3) is 0.143. The second-order valence-electron chi connectivity index (χ2n) is 5.94. The lowest BCUT2D eigenvalue weighted by molar-refractivity contribution is 0.0499. The molecule has 0 spiro atoms. The number of benzene rings is 2. The Morgan fingerprint density at radius 3 is 2.60 bits per heavy atom. The van der Waals surface area contributed by atoms with Gasteiger partial charge >= 0.3 is 5.97 Å². The molecule has 0 saturated heterocycles. The zero-order valence-corrected chi connectivity index (χ0v) is 14.0. The third-order valence-corrected chi connectivity index (χ3v) is 4.24. The number of hydrogen-bond acceptors (Lipinski definition) is 3. The Balaban J connectivity index is 2.05. The molecule has 0 bridgehead atoms. The topological polar surface area (TPSA) is 55.0 Å². The van der Waals surface area contributed by atoms with E-state index in [1.54, 1.807) is 6.20 Å². The summed E-state index contributed by atoms with van der Waals surface area (Å²) in [6.45, 7) is 2.36. The first-order valence-electron chi connectivity index (χ1n) is 8.41. The van der Waals surface area contributed by atoms with Gasteiger partial charge in [-0.1, -0.05) is 55.5 Å². The van der Waals surface area contributed by atoms with Crippen LogP contribution in [0.4, 0.5) is 0 Å². The number of aromatic amines is 1. The molecule has 0 aliphatic carbocycles. The van der Waals surface area contributed by atoms with Gasteiger partial charge in [0.1, 0.15) is 0 Å². The monoisotopic (exact) mass is 330 g/mol. The number of fused-ring (bicyclic) bond motifs is 3. The highest BCUT2D eigenvalue weighted by Gasteiger charge is 2.21. The molecule has 2 heterocycles. The number of nitrogens with zero attached hydrogens (tertiary/aromatic N) is 1. The first-order valence-corrected chi connectivity index (χ1v) is 8.41. The lowest BCUT2D eigenvalue weighted by Gasteiger charge is -2.10. The van der Waals surface area contributed by atoms with Gasteiger partial charge in [-0.05, 0) is 18.1 Å². The lowest BCUT2D eigenvalue weighted by Crippen LogP contribution is -2.10. The Labute approximate surface area is 145 Å². The summed E-state index contributed by atoms with van der Waals surface area (Å²) in [6, 6.07) is 17.9. The van der Waals surface area contributed by atoms with Crippen molar-refractivity contribution in [2.45, 2.75) is 13.3 Å². The molecular weight excluding hydrogens is 312 g/mol. The molecule has 4 rings (SSSR count). The Morgan fingerprint density at radius 2 is 1.80 bits per heavy atom. The van der Waals surface area contributed by atoms with Gasteiger partial charge in [0, 0.05) is 21.9 Å². The van der Waals surface area contributed by atoms with Crippen LogP contribution in [0.3, 0.4) is 0 Å².